The van der Waals surface area contributed by atoms with Crippen molar-refractivity contribution in [2.45, 2.75) is 181 Å². The van der Waals surface area contributed by atoms with Gasteiger partial charge in [-0.25, -0.2) is 9.37 Å². The number of carbonyl (C=O) groups is 5. The number of hydrogen-bond donors (Lipinski definition) is 4. The molecule has 5 atom stereocenters. The first kappa shape index (κ1) is 58.5. The third kappa shape index (κ3) is 13.5. The molecule has 0 radical (unpaired) electrons. The second-order valence-electron chi connectivity index (χ2n) is 24.0. The average molecular weight is 1110 g/mol. The summed E-state index contributed by atoms with van der Waals surface area (Å²) in [5.74, 6) is -0.0409. The Morgan fingerprint density at radius 1 is 0.877 bits per heavy atom. The van der Waals surface area contributed by atoms with Gasteiger partial charge in [-0.1, -0.05) is 76.8 Å². The first-order valence-electron chi connectivity index (χ1n) is 29.5. The highest BCUT2D eigenvalue weighted by atomic mass is 19.1. The minimum Gasteiger partial charge on any atom is -0.494 e. The fourth-order valence-corrected chi connectivity index (χ4v) is 12.4. The van der Waals surface area contributed by atoms with E-state index in [0.29, 0.717) is 73.8 Å². The number of anilines is 2. The molecule has 3 aromatic carbocycles. The minimum atomic E-state index is -0.869. The van der Waals surface area contributed by atoms with Crippen molar-refractivity contribution >= 4 is 40.9 Å². The Morgan fingerprint density at radius 2 is 1.64 bits per heavy atom. The van der Waals surface area contributed by atoms with Crippen molar-refractivity contribution in [1.29, 1.82) is 0 Å². The highest BCUT2D eigenvalue weighted by Crippen LogP contribution is 2.43. The van der Waals surface area contributed by atoms with Crippen molar-refractivity contribution in [3.8, 4) is 16.9 Å². The molecule has 3 aliphatic heterocycles. The molecule has 4 amide bonds. The smallest absolute Gasteiger partial charge is 0.254 e. The first-order valence-corrected chi connectivity index (χ1v) is 29.5. The Kier molecular flexibility index (Phi) is 18.6. The first-order chi connectivity index (χ1) is 38.9. The second kappa shape index (κ2) is 25.8. The number of fused-ring (bicyclic) bond motifs is 10. The van der Waals surface area contributed by atoms with E-state index in [0.717, 1.165) is 110 Å². The summed E-state index contributed by atoms with van der Waals surface area (Å²) in [7, 11) is 3.46. The van der Waals surface area contributed by atoms with Crippen molar-refractivity contribution in [2.24, 2.45) is 5.41 Å². The summed E-state index contributed by atoms with van der Waals surface area (Å²) < 4.78 is 23.0. The van der Waals surface area contributed by atoms with E-state index in [1.165, 1.54) is 17.7 Å². The van der Waals surface area contributed by atoms with Gasteiger partial charge < -0.3 is 41.1 Å². The molecule has 9 rings (SSSR count). The molecule has 1 aliphatic carbocycles. The van der Waals surface area contributed by atoms with Crippen LogP contribution in [0.2, 0.25) is 0 Å². The number of ketones is 1. The van der Waals surface area contributed by atoms with Crippen LogP contribution in [0, 0.1) is 18.2 Å². The molecule has 5 N–H and O–H groups in total. The number of likely N-dealkylation sites (N-methyl/N-ethyl adjacent to an activating group) is 1. The van der Waals surface area contributed by atoms with Gasteiger partial charge in [-0.2, -0.15) is 5.10 Å². The SMILES string of the molecule is CN[C@@H](C)C(=O)N[C@H](C(=O)N1Cc2cc(OCCCCCCCCC(=O)CCCn3nc4c(c3C)-c3cnc(N)c(c3)N3CCC[C@@H]3c3cc(F)ccc3C(=O)N(C)C4)ccc2C[C@H]1C(=O)N[C@@H]1CCCc2ccccc21)C(C)(C)C. The van der Waals surface area contributed by atoms with Crippen LogP contribution in [0.25, 0.3) is 11.1 Å². The number of amides is 4. The zero-order chi connectivity index (χ0) is 57.5. The Labute approximate surface area is 477 Å². The molecule has 5 aromatic rings. The molecule has 16 nitrogen and oxygen atoms in total. The number of benzene rings is 3. The molecule has 0 unspecified atom stereocenters. The lowest BCUT2D eigenvalue weighted by molar-refractivity contribution is -0.147. The van der Waals surface area contributed by atoms with E-state index in [1.54, 1.807) is 43.1 Å². The summed E-state index contributed by atoms with van der Waals surface area (Å²) >= 11 is 0. The number of nitrogens with two attached hydrogens (primary N) is 1. The molecule has 81 heavy (non-hydrogen) atoms. The number of halogens is 1. The average Bonchev–Trinajstić information content (AvgIpc) is 4.07. The molecule has 17 heteroatoms. The molecule has 4 aliphatic rings. The maximum Gasteiger partial charge on any atom is 0.254 e. The predicted octanol–water partition coefficient (Wildman–Crippen LogP) is 9.65. The third-order valence-electron chi connectivity index (χ3n) is 17.1. The summed E-state index contributed by atoms with van der Waals surface area (Å²) in [5, 5.41) is 14.3. The van der Waals surface area contributed by atoms with Gasteiger partial charge in [-0.05, 0) is 142 Å². The van der Waals surface area contributed by atoms with E-state index in [1.807, 2.05) is 68.8 Å². The van der Waals surface area contributed by atoms with Gasteiger partial charge in [0.15, 0.2) is 0 Å². The van der Waals surface area contributed by atoms with Gasteiger partial charge in [0, 0.05) is 74.5 Å². The minimum absolute atomic E-state index is 0.144. The van der Waals surface area contributed by atoms with Crippen LogP contribution in [0.5, 0.6) is 5.75 Å². The lowest BCUT2D eigenvalue weighted by Crippen LogP contribution is -2.62. The molecule has 0 spiro atoms. The van der Waals surface area contributed by atoms with Gasteiger partial charge in [-0.15, -0.1) is 0 Å². The number of nitrogen functional groups attached to an aromatic ring is 1. The van der Waals surface area contributed by atoms with Gasteiger partial charge in [0.1, 0.15) is 35.3 Å². The third-order valence-corrected chi connectivity index (χ3v) is 17.1. The standard InChI is InChI=1S/C64H83FN10O6/c1-40(67-6)60(77)70-58(64(3,4)5)63(80)74-38-45-33-48(28-26-43(45)34-56(74)61(78)69-52-24-16-20-42-19-13-14-23-49(42)52)81-32-15-11-9-8-10-12-21-47(76)22-17-31-75-41(2)57-44-35-55(59(66)68-37-44)73-30-18-25-54(73)51-36-46(65)27-29-50(51)62(79)72(7)39-53(57)71-75/h13-14,19,23,26-29,33,35-37,40,52,54,56,58,67H,8-12,15-18,20-22,24-25,30-32,34,38-39H2,1-7H3,(H2,66,68)(H,69,78)(H,70,77)/t40-,52+,54+,56-,58+/m0/s1. The zero-order valence-electron chi connectivity index (χ0n) is 48.5. The number of nitrogens with zero attached hydrogens (tertiary/aromatic N) is 6. The van der Waals surface area contributed by atoms with E-state index >= 15 is 0 Å². The number of rotatable bonds is 20. The maximum absolute atomic E-state index is 14.8. The summed E-state index contributed by atoms with van der Waals surface area (Å²) in [6.07, 6.45) is 13.8. The van der Waals surface area contributed by atoms with Crippen molar-refractivity contribution in [3.63, 3.8) is 0 Å². The summed E-state index contributed by atoms with van der Waals surface area (Å²) in [4.78, 5) is 79.7. The van der Waals surface area contributed by atoms with Gasteiger partial charge in [0.2, 0.25) is 17.7 Å². The highest BCUT2D eigenvalue weighted by Gasteiger charge is 2.43. The van der Waals surface area contributed by atoms with Crippen molar-refractivity contribution in [2.75, 3.05) is 37.9 Å². The number of Topliss-reactive ketones (excluding diaryl/α,β-unsaturated/α-hetero) is 1. The number of hydrogen-bond acceptors (Lipinski definition) is 11. The quantitative estimate of drug-likeness (QED) is 0.0542. The monoisotopic (exact) mass is 1110 g/mol. The Bertz CT molecular complexity index is 3110. The number of unbranched alkanes of at least 4 members (excludes halogenated alkanes) is 5. The van der Waals surface area contributed by atoms with Crippen LogP contribution in [-0.4, -0.2) is 99.3 Å². The number of carbonyl (C=O) groups excluding carboxylic acids is 5. The number of aryl methyl sites for hydroxylation is 2. The van der Waals surface area contributed by atoms with Gasteiger partial charge in [0.05, 0.1) is 42.7 Å². The zero-order valence-corrected chi connectivity index (χ0v) is 48.5. The number of pyridine rings is 1. The summed E-state index contributed by atoms with van der Waals surface area (Å²) in [6, 6.07) is 18.1. The maximum atomic E-state index is 14.8. The van der Waals surface area contributed by atoms with Crippen LogP contribution in [0.4, 0.5) is 15.9 Å². The lowest BCUT2D eigenvalue weighted by atomic mass is 9.83. The van der Waals surface area contributed by atoms with E-state index in [2.05, 4.69) is 38.0 Å². The molecule has 1 saturated heterocycles. The number of ether oxygens (including phenoxy) is 1. The van der Waals surface area contributed by atoms with Crippen molar-refractivity contribution in [1.82, 2.24) is 40.5 Å². The van der Waals surface area contributed by atoms with Crippen LogP contribution in [-0.2, 0) is 51.7 Å². The van der Waals surface area contributed by atoms with E-state index in [9.17, 15) is 28.4 Å². The lowest BCUT2D eigenvalue weighted by Gasteiger charge is -2.41. The van der Waals surface area contributed by atoms with Crippen molar-refractivity contribution in [3.05, 3.63) is 124 Å². The summed E-state index contributed by atoms with van der Waals surface area (Å²) in [5.41, 5.74) is 15.4. The van der Waals surface area contributed by atoms with Crippen LogP contribution >= 0.6 is 0 Å². The van der Waals surface area contributed by atoms with E-state index < -0.39 is 23.5 Å². The predicted molar refractivity (Wildman–Crippen MR) is 313 cm³/mol. The van der Waals surface area contributed by atoms with E-state index in [-0.39, 0.29) is 60.4 Å². The summed E-state index contributed by atoms with van der Waals surface area (Å²) in [6.45, 7) is 11.8. The largest absolute Gasteiger partial charge is 0.494 e. The Hall–Kier alpha value is -7.14. The van der Waals surface area contributed by atoms with E-state index in [4.69, 9.17) is 15.6 Å². The molecule has 2 bridgehead atoms. The molecule has 5 heterocycles. The normalized spacial score (nSPS) is 18.5. The second-order valence-corrected chi connectivity index (χ2v) is 24.0. The van der Waals surface area contributed by atoms with Crippen LogP contribution in [0.3, 0.4) is 0 Å². The molecule has 432 valence electrons. The number of nitrogens with one attached hydrogen (secondary N) is 3. The molecule has 2 aromatic heterocycles. The molecule has 1 fully saturated rings. The molecular weight excluding hydrogens is 1020 g/mol. The number of aromatic nitrogens is 3. The molecular formula is C64H83FN10O6. The van der Waals surface area contributed by atoms with Crippen LogP contribution < -0.4 is 31.3 Å². The van der Waals surface area contributed by atoms with Gasteiger partial charge >= 0.3 is 0 Å². The van der Waals surface area contributed by atoms with Gasteiger partial charge in [0.25, 0.3) is 5.91 Å². The fraction of sp³-hybridized carbons (Fsp3) is 0.516. The van der Waals surface area contributed by atoms with Gasteiger partial charge in [-0.3, -0.25) is 28.7 Å². The van der Waals surface area contributed by atoms with Crippen LogP contribution in [0.1, 0.15) is 173 Å². The van der Waals surface area contributed by atoms with Crippen LogP contribution in [0.15, 0.2) is 72.9 Å². The Balaban J connectivity index is 0.743. The highest BCUT2D eigenvalue weighted by molar-refractivity contribution is 5.96. The molecule has 0 saturated carbocycles. The van der Waals surface area contributed by atoms with Crippen molar-refractivity contribution < 1.29 is 33.1 Å². The topological polar surface area (TPSA) is 197 Å². The Morgan fingerprint density at radius 3 is 2.43 bits per heavy atom. The fourth-order valence-electron chi connectivity index (χ4n) is 12.4.